The second-order valence-corrected chi connectivity index (χ2v) is 6.54. The summed E-state index contributed by atoms with van der Waals surface area (Å²) in [5.74, 6) is 0.0830. The van der Waals surface area contributed by atoms with Crippen molar-refractivity contribution in [3.63, 3.8) is 0 Å². The SMILES string of the molecule is CCOc1cc(=O)n2c(c1C(=O)Nc1ccc(Cl)c(C)c1)CCCC2. The highest BCUT2D eigenvalue weighted by molar-refractivity contribution is 6.31. The average Bonchev–Trinajstić information content (AvgIpc) is 2.59. The summed E-state index contributed by atoms with van der Waals surface area (Å²) in [5, 5.41) is 3.55. The van der Waals surface area contributed by atoms with Crippen LogP contribution in [0.2, 0.25) is 5.02 Å². The van der Waals surface area contributed by atoms with Crippen molar-refractivity contribution < 1.29 is 9.53 Å². The zero-order valence-electron chi connectivity index (χ0n) is 14.4. The maximum Gasteiger partial charge on any atom is 0.261 e. The summed E-state index contributed by atoms with van der Waals surface area (Å²) in [6, 6.07) is 6.75. The number of nitrogens with zero attached hydrogens (tertiary/aromatic N) is 1. The van der Waals surface area contributed by atoms with Crippen molar-refractivity contribution in [2.75, 3.05) is 11.9 Å². The number of pyridine rings is 1. The lowest BCUT2D eigenvalue weighted by molar-refractivity contribution is 0.102. The Morgan fingerprint density at radius 1 is 1.32 bits per heavy atom. The summed E-state index contributed by atoms with van der Waals surface area (Å²) < 4.78 is 7.28. The molecule has 2 aromatic rings. The number of anilines is 1. The highest BCUT2D eigenvalue weighted by Gasteiger charge is 2.24. The summed E-state index contributed by atoms with van der Waals surface area (Å²) in [6.07, 6.45) is 2.59. The second kappa shape index (κ2) is 7.31. The van der Waals surface area contributed by atoms with Crippen molar-refractivity contribution in [3.05, 3.63) is 56.5 Å². The molecule has 0 spiro atoms. The van der Waals surface area contributed by atoms with Gasteiger partial charge in [-0.1, -0.05) is 11.6 Å². The largest absolute Gasteiger partial charge is 0.493 e. The van der Waals surface area contributed by atoms with Crippen molar-refractivity contribution in [3.8, 4) is 5.75 Å². The van der Waals surface area contributed by atoms with Crippen LogP contribution in [0, 0.1) is 6.92 Å². The first kappa shape index (κ1) is 17.5. The molecule has 0 saturated carbocycles. The van der Waals surface area contributed by atoms with E-state index in [0.29, 0.717) is 41.6 Å². The number of fused-ring (bicyclic) bond motifs is 1. The number of benzene rings is 1. The molecule has 0 radical (unpaired) electrons. The molecule has 0 fully saturated rings. The highest BCUT2D eigenvalue weighted by Crippen LogP contribution is 2.27. The Kier molecular flexibility index (Phi) is 5.13. The van der Waals surface area contributed by atoms with E-state index >= 15 is 0 Å². The van der Waals surface area contributed by atoms with Gasteiger partial charge < -0.3 is 14.6 Å². The first-order valence-electron chi connectivity index (χ1n) is 8.48. The Balaban J connectivity index is 2.03. The van der Waals surface area contributed by atoms with E-state index in [1.807, 2.05) is 19.9 Å². The molecule has 6 heteroatoms. The number of hydrogen-bond donors (Lipinski definition) is 1. The van der Waals surface area contributed by atoms with Gasteiger partial charge >= 0.3 is 0 Å². The lowest BCUT2D eigenvalue weighted by atomic mass is 10.0. The van der Waals surface area contributed by atoms with Crippen molar-refractivity contribution >= 4 is 23.2 Å². The third kappa shape index (κ3) is 3.56. The number of amides is 1. The summed E-state index contributed by atoms with van der Waals surface area (Å²) in [4.78, 5) is 25.3. The summed E-state index contributed by atoms with van der Waals surface area (Å²) in [5.41, 5.74) is 2.64. The lowest BCUT2D eigenvalue weighted by Crippen LogP contribution is -2.31. The van der Waals surface area contributed by atoms with Gasteiger partial charge in [-0.25, -0.2) is 0 Å². The van der Waals surface area contributed by atoms with Gasteiger partial charge in [0.2, 0.25) is 0 Å². The maximum atomic E-state index is 12.9. The number of ether oxygens (including phenoxy) is 1. The van der Waals surface area contributed by atoms with Gasteiger partial charge in [0.15, 0.2) is 0 Å². The molecule has 1 aromatic heterocycles. The Bertz CT molecular complexity index is 874. The fourth-order valence-corrected chi connectivity index (χ4v) is 3.29. The minimum absolute atomic E-state index is 0.114. The van der Waals surface area contributed by atoms with Crippen LogP contribution in [-0.2, 0) is 13.0 Å². The third-order valence-electron chi connectivity index (χ3n) is 4.37. The maximum absolute atomic E-state index is 12.9. The Morgan fingerprint density at radius 2 is 2.12 bits per heavy atom. The predicted molar refractivity (Wildman–Crippen MR) is 99.0 cm³/mol. The molecule has 1 aromatic carbocycles. The minimum atomic E-state index is -0.268. The van der Waals surface area contributed by atoms with Gasteiger partial charge in [0.1, 0.15) is 11.3 Å². The van der Waals surface area contributed by atoms with Gasteiger partial charge in [0.05, 0.1) is 6.61 Å². The van der Waals surface area contributed by atoms with Crippen LogP contribution in [0.15, 0.2) is 29.1 Å². The monoisotopic (exact) mass is 360 g/mol. The van der Waals surface area contributed by atoms with E-state index in [1.54, 1.807) is 16.7 Å². The highest BCUT2D eigenvalue weighted by atomic mass is 35.5. The molecule has 1 aliphatic rings. The number of nitrogens with one attached hydrogen (secondary N) is 1. The Hall–Kier alpha value is -2.27. The van der Waals surface area contributed by atoms with Gasteiger partial charge in [-0.2, -0.15) is 0 Å². The van der Waals surface area contributed by atoms with E-state index < -0.39 is 0 Å². The summed E-state index contributed by atoms with van der Waals surface area (Å²) >= 11 is 6.04. The molecule has 0 atom stereocenters. The molecule has 0 unspecified atom stereocenters. The number of carbonyl (C=O) groups excluding carboxylic acids is 1. The van der Waals surface area contributed by atoms with Crippen LogP contribution >= 0.6 is 11.6 Å². The fourth-order valence-electron chi connectivity index (χ4n) is 3.17. The molecule has 1 amide bonds. The van der Waals surface area contributed by atoms with Crippen molar-refractivity contribution in [2.24, 2.45) is 0 Å². The zero-order valence-corrected chi connectivity index (χ0v) is 15.2. The molecule has 0 bridgehead atoms. The smallest absolute Gasteiger partial charge is 0.261 e. The molecule has 1 N–H and O–H groups in total. The number of hydrogen-bond acceptors (Lipinski definition) is 3. The van der Waals surface area contributed by atoms with E-state index in [2.05, 4.69) is 5.32 Å². The van der Waals surface area contributed by atoms with E-state index in [1.165, 1.54) is 6.07 Å². The van der Waals surface area contributed by atoms with Crippen LogP contribution < -0.4 is 15.6 Å². The molecule has 2 heterocycles. The van der Waals surface area contributed by atoms with Crippen molar-refractivity contribution in [1.29, 1.82) is 0 Å². The Morgan fingerprint density at radius 3 is 2.84 bits per heavy atom. The van der Waals surface area contributed by atoms with Gasteiger partial charge in [-0.05, 0) is 56.9 Å². The summed E-state index contributed by atoms with van der Waals surface area (Å²) in [6.45, 7) is 4.75. The molecule has 132 valence electrons. The van der Waals surface area contributed by atoms with E-state index in [0.717, 1.165) is 24.1 Å². The normalized spacial score (nSPS) is 13.2. The number of aryl methyl sites for hydroxylation is 1. The second-order valence-electron chi connectivity index (χ2n) is 6.13. The van der Waals surface area contributed by atoms with Crippen LogP contribution in [-0.4, -0.2) is 17.1 Å². The number of halogens is 1. The molecular formula is C19H21ClN2O3. The van der Waals surface area contributed by atoms with Gasteiger partial charge in [-0.15, -0.1) is 0 Å². The van der Waals surface area contributed by atoms with Crippen molar-refractivity contribution in [2.45, 2.75) is 39.7 Å². The average molecular weight is 361 g/mol. The molecule has 0 aliphatic carbocycles. The third-order valence-corrected chi connectivity index (χ3v) is 4.79. The van der Waals surface area contributed by atoms with Crippen LogP contribution in [0.1, 0.15) is 41.4 Å². The van der Waals surface area contributed by atoms with Crippen LogP contribution in [0.5, 0.6) is 5.75 Å². The molecule has 3 rings (SSSR count). The van der Waals surface area contributed by atoms with Gasteiger partial charge in [0.25, 0.3) is 11.5 Å². The number of carbonyl (C=O) groups is 1. The van der Waals surface area contributed by atoms with E-state index in [-0.39, 0.29) is 11.5 Å². The quantitative estimate of drug-likeness (QED) is 0.902. The molecule has 1 aliphatic heterocycles. The van der Waals surface area contributed by atoms with E-state index in [4.69, 9.17) is 16.3 Å². The predicted octanol–water partition coefficient (Wildman–Crippen LogP) is 3.80. The molecule has 25 heavy (non-hydrogen) atoms. The van der Waals surface area contributed by atoms with Crippen LogP contribution in [0.4, 0.5) is 5.69 Å². The topological polar surface area (TPSA) is 60.3 Å². The van der Waals surface area contributed by atoms with Crippen molar-refractivity contribution in [1.82, 2.24) is 4.57 Å². The van der Waals surface area contributed by atoms with E-state index in [9.17, 15) is 9.59 Å². The Labute approximate surface area is 151 Å². The minimum Gasteiger partial charge on any atom is -0.493 e. The van der Waals surface area contributed by atoms with Crippen LogP contribution in [0.3, 0.4) is 0 Å². The van der Waals surface area contributed by atoms with Gasteiger partial charge in [0, 0.05) is 29.0 Å². The molecular weight excluding hydrogens is 340 g/mol. The lowest BCUT2D eigenvalue weighted by Gasteiger charge is -2.23. The number of rotatable bonds is 4. The van der Waals surface area contributed by atoms with Crippen LogP contribution in [0.25, 0.3) is 0 Å². The molecule has 5 nitrogen and oxygen atoms in total. The fraction of sp³-hybridized carbons (Fsp3) is 0.368. The standard InChI is InChI=1S/C19H21ClN2O3/c1-3-25-16-11-17(23)22-9-5-4-6-15(22)18(16)19(24)21-13-7-8-14(20)12(2)10-13/h7-8,10-11H,3-6,9H2,1-2H3,(H,21,24). The molecule has 0 saturated heterocycles. The first-order chi connectivity index (χ1) is 12.0. The summed E-state index contributed by atoms with van der Waals surface area (Å²) in [7, 11) is 0. The first-order valence-corrected chi connectivity index (χ1v) is 8.86. The van der Waals surface area contributed by atoms with Gasteiger partial charge in [-0.3, -0.25) is 9.59 Å². The number of aromatic nitrogens is 1. The zero-order chi connectivity index (χ0) is 18.0.